The molecule has 2 aromatic rings. The summed E-state index contributed by atoms with van der Waals surface area (Å²) in [5.41, 5.74) is 1.34. The molecule has 4 nitrogen and oxygen atoms in total. The number of thiazole rings is 1. The minimum atomic E-state index is -0.226. The van der Waals surface area contributed by atoms with Crippen LogP contribution in [-0.4, -0.2) is 15.9 Å². The van der Waals surface area contributed by atoms with Crippen LogP contribution in [0.4, 0.5) is 0 Å². The largest absolute Gasteiger partial charge is 0.345 e. The van der Waals surface area contributed by atoms with E-state index < -0.39 is 0 Å². The number of aryl methyl sites for hydroxylation is 2. The molecule has 1 amide bonds. The Kier molecular flexibility index (Phi) is 4.17. The number of nitrogens with one attached hydrogen (secondary N) is 1. The molecular weight excluding hydrogens is 282 g/mol. The number of halogens is 1. The zero-order valence-corrected chi connectivity index (χ0v) is 12.5. The minimum absolute atomic E-state index is 0.102. The van der Waals surface area contributed by atoms with Gasteiger partial charge < -0.3 is 5.32 Å². The topological polar surface area (TPSA) is 54.9 Å². The maximum atomic E-state index is 12.1. The molecule has 2 aromatic heterocycles. The zero-order chi connectivity index (χ0) is 14.0. The first kappa shape index (κ1) is 14.0. The molecule has 2 rings (SSSR count). The summed E-state index contributed by atoms with van der Waals surface area (Å²) in [6.07, 6.45) is 1.55. The van der Waals surface area contributed by atoms with Gasteiger partial charge in [-0.1, -0.05) is 11.6 Å². The maximum Gasteiger partial charge on any atom is 0.254 e. The highest BCUT2D eigenvalue weighted by atomic mass is 35.5. The summed E-state index contributed by atoms with van der Waals surface area (Å²) in [6.45, 7) is 5.83. The van der Waals surface area contributed by atoms with Crippen LogP contribution in [0.3, 0.4) is 0 Å². The van der Waals surface area contributed by atoms with E-state index in [0.29, 0.717) is 5.56 Å². The van der Waals surface area contributed by atoms with Gasteiger partial charge in [-0.3, -0.25) is 4.79 Å². The molecule has 0 aromatic carbocycles. The van der Waals surface area contributed by atoms with Crippen molar-refractivity contribution in [3.05, 3.63) is 44.6 Å². The fraction of sp³-hybridized carbons (Fsp3) is 0.308. The van der Waals surface area contributed by atoms with Crippen LogP contribution in [0.2, 0.25) is 5.15 Å². The SMILES string of the molecule is Cc1nc(C)c(C(C)NC(=O)c2cccnc2Cl)s1. The summed E-state index contributed by atoms with van der Waals surface area (Å²) in [5.74, 6) is -0.226. The predicted octanol–water partition coefficient (Wildman–Crippen LogP) is 3.30. The molecule has 19 heavy (non-hydrogen) atoms. The van der Waals surface area contributed by atoms with Crippen molar-refractivity contribution in [3.8, 4) is 0 Å². The van der Waals surface area contributed by atoms with E-state index in [2.05, 4.69) is 15.3 Å². The van der Waals surface area contributed by atoms with E-state index in [-0.39, 0.29) is 17.1 Å². The van der Waals surface area contributed by atoms with E-state index >= 15 is 0 Å². The van der Waals surface area contributed by atoms with Crippen LogP contribution in [0.1, 0.15) is 38.9 Å². The second-order valence-corrected chi connectivity index (χ2v) is 5.81. The van der Waals surface area contributed by atoms with Crippen LogP contribution in [0.25, 0.3) is 0 Å². The number of hydrogen-bond donors (Lipinski definition) is 1. The zero-order valence-electron chi connectivity index (χ0n) is 10.9. The molecule has 1 atom stereocenters. The third-order valence-corrected chi connectivity index (χ3v) is 4.24. The predicted molar refractivity (Wildman–Crippen MR) is 76.7 cm³/mol. The second-order valence-electron chi connectivity index (χ2n) is 4.22. The van der Waals surface area contributed by atoms with Gasteiger partial charge in [-0.15, -0.1) is 11.3 Å². The van der Waals surface area contributed by atoms with E-state index in [1.165, 1.54) is 0 Å². The van der Waals surface area contributed by atoms with Crippen LogP contribution in [0, 0.1) is 13.8 Å². The standard InChI is InChI=1S/C13H14ClN3OS/c1-7-11(19-9(3)16-7)8(2)17-13(18)10-5-4-6-15-12(10)14/h4-6,8H,1-3H3,(H,17,18). The van der Waals surface area contributed by atoms with Crippen molar-refractivity contribution in [1.29, 1.82) is 0 Å². The first-order valence-electron chi connectivity index (χ1n) is 5.84. The summed E-state index contributed by atoms with van der Waals surface area (Å²) in [5, 5.41) is 4.12. The Balaban J connectivity index is 2.15. The van der Waals surface area contributed by atoms with Gasteiger partial charge in [0.2, 0.25) is 0 Å². The third kappa shape index (κ3) is 3.11. The lowest BCUT2D eigenvalue weighted by Crippen LogP contribution is -2.26. The van der Waals surface area contributed by atoms with Gasteiger partial charge in [0.1, 0.15) is 5.15 Å². The van der Waals surface area contributed by atoms with Crippen LogP contribution < -0.4 is 5.32 Å². The van der Waals surface area contributed by atoms with Crippen molar-refractivity contribution >= 4 is 28.8 Å². The Bertz CT molecular complexity index is 612. The normalized spacial score (nSPS) is 12.2. The van der Waals surface area contributed by atoms with Crippen molar-refractivity contribution in [3.63, 3.8) is 0 Å². The van der Waals surface area contributed by atoms with Gasteiger partial charge in [0.15, 0.2) is 0 Å². The van der Waals surface area contributed by atoms with Gasteiger partial charge in [0, 0.05) is 11.1 Å². The van der Waals surface area contributed by atoms with Crippen molar-refractivity contribution in [1.82, 2.24) is 15.3 Å². The molecule has 0 aliphatic carbocycles. The van der Waals surface area contributed by atoms with Gasteiger partial charge in [-0.25, -0.2) is 9.97 Å². The molecule has 0 saturated heterocycles. The van der Waals surface area contributed by atoms with Crippen LogP contribution in [0.15, 0.2) is 18.3 Å². The molecule has 0 radical (unpaired) electrons. The molecular formula is C13H14ClN3OS. The van der Waals surface area contributed by atoms with Crippen molar-refractivity contribution < 1.29 is 4.79 Å². The summed E-state index contributed by atoms with van der Waals surface area (Å²) in [6, 6.07) is 3.24. The van der Waals surface area contributed by atoms with Crippen molar-refractivity contribution in [2.24, 2.45) is 0 Å². The van der Waals surface area contributed by atoms with Gasteiger partial charge in [0.05, 0.1) is 22.3 Å². The molecule has 0 spiro atoms. The van der Waals surface area contributed by atoms with Crippen LogP contribution in [0.5, 0.6) is 0 Å². The van der Waals surface area contributed by atoms with E-state index in [1.54, 1.807) is 29.7 Å². The van der Waals surface area contributed by atoms with Gasteiger partial charge in [-0.05, 0) is 32.9 Å². The van der Waals surface area contributed by atoms with Crippen LogP contribution >= 0.6 is 22.9 Å². The Morgan fingerprint density at radius 3 is 2.79 bits per heavy atom. The number of hydrogen-bond acceptors (Lipinski definition) is 4. The fourth-order valence-corrected chi connectivity index (χ4v) is 2.98. The highest BCUT2D eigenvalue weighted by molar-refractivity contribution is 7.11. The molecule has 0 saturated carbocycles. The molecule has 1 unspecified atom stereocenters. The first-order valence-corrected chi connectivity index (χ1v) is 7.03. The molecule has 0 aliphatic rings. The lowest BCUT2D eigenvalue weighted by Gasteiger charge is -2.13. The smallest absolute Gasteiger partial charge is 0.254 e. The van der Waals surface area contributed by atoms with Gasteiger partial charge in [0.25, 0.3) is 5.91 Å². The number of nitrogens with zero attached hydrogens (tertiary/aromatic N) is 2. The van der Waals surface area contributed by atoms with E-state index in [1.807, 2.05) is 20.8 Å². The van der Waals surface area contributed by atoms with Crippen LogP contribution in [-0.2, 0) is 0 Å². The fourth-order valence-electron chi connectivity index (χ4n) is 1.84. The van der Waals surface area contributed by atoms with E-state index in [0.717, 1.165) is 15.6 Å². The Labute approximate surface area is 120 Å². The van der Waals surface area contributed by atoms with Crippen molar-refractivity contribution in [2.45, 2.75) is 26.8 Å². The van der Waals surface area contributed by atoms with Gasteiger partial charge >= 0.3 is 0 Å². The Morgan fingerprint density at radius 2 is 2.21 bits per heavy atom. The van der Waals surface area contributed by atoms with E-state index in [4.69, 9.17) is 11.6 Å². The maximum absolute atomic E-state index is 12.1. The Morgan fingerprint density at radius 1 is 1.47 bits per heavy atom. The first-order chi connectivity index (χ1) is 8.99. The molecule has 0 aliphatic heterocycles. The summed E-state index contributed by atoms with van der Waals surface area (Å²) < 4.78 is 0. The Hall–Kier alpha value is -1.46. The number of pyridine rings is 1. The average molecular weight is 296 g/mol. The summed E-state index contributed by atoms with van der Waals surface area (Å²) in [4.78, 5) is 21.4. The number of carbonyl (C=O) groups excluding carboxylic acids is 1. The molecule has 0 fully saturated rings. The number of amides is 1. The lowest BCUT2D eigenvalue weighted by atomic mass is 10.2. The monoisotopic (exact) mass is 295 g/mol. The molecule has 0 bridgehead atoms. The van der Waals surface area contributed by atoms with Gasteiger partial charge in [-0.2, -0.15) is 0 Å². The molecule has 6 heteroatoms. The average Bonchev–Trinajstić information content (AvgIpc) is 2.69. The van der Waals surface area contributed by atoms with Crippen molar-refractivity contribution in [2.75, 3.05) is 0 Å². The number of rotatable bonds is 3. The second kappa shape index (κ2) is 5.67. The highest BCUT2D eigenvalue weighted by Crippen LogP contribution is 2.25. The summed E-state index contributed by atoms with van der Waals surface area (Å²) >= 11 is 7.49. The quantitative estimate of drug-likeness (QED) is 0.884. The van der Waals surface area contributed by atoms with E-state index in [9.17, 15) is 4.79 Å². The molecule has 1 N–H and O–H groups in total. The highest BCUT2D eigenvalue weighted by Gasteiger charge is 2.17. The lowest BCUT2D eigenvalue weighted by molar-refractivity contribution is 0.0940. The third-order valence-electron chi connectivity index (χ3n) is 2.68. The minimum Gasteiger partial charge on any atom is -0.345 e. The number of aromatic nitrogens is 2. The molecule has 2 heterocycles. The molecule has 100 valence electrons. The number of carbonyl (C=O) groups is 1. The summed E-state index contributed by atoms with van der Waals surface area (Å²) in [7, 11) is 0.